The Hall–Kier alpha value is -0.520. The third-order valence-corrected chi connectivity index (χ3v) is 4.40. The number of hydrogen-bond donors (Lipinski definition) is 1. The zero-order valence-electron chi connectivity index (χ0n) is 8.07. The van der Waals surface area contributed by atoms with Crippen LogP contribution in [0.2, 0.25) is 5.22 Å². The molecule has 2 rings (SSSR count). The van der Waals surface area contributed by atoms with Crippen molar-refractivity contribution < 1.29 is 12.8 Å². The van der Waals surface area contributed by atoms with E-state index in [9.17, 15) is 8.42 Å². The summed E-state index contributed by atoms with van der Waals surface area (Å²) in [6.45, 7) is 0.521. The molecule has 1 fully saturated rings. The quantitative estimate of drug-likeness (QED) is 0.875. The maximum atomic E-state index is 11.2. The van der Waals surface area contributed by atoms with Crippen molar-refractivity contribution in [1.82, 2.24) is 5.32 Å². The van der Waals surface area contributed by atoms with E-state index in [0.717, 1.165) is 5.76 Å². The van der Waals surface area contributed by atoms with E-state index in [1.165, 1.54) is 0 Å². The molecule has 1 aliphatic rings. The molecule has 0 bridgehead atoms. The fourth-order valence-corrected chi connectivity index (χ4v) is 3.52. The summed E-state index contributed by atoms with van der Waals surface area (Å²) in [7, 11) is -2.81. The summed E-state index contributed by atoms with van der Waals surface area (Å²) < 4.78 is 27.5. The largest absolute Gasteiger partial charge is 0.448 e. The monoisotopic (exact) mass is 249 g/mol. The molecule has 1 aliphatic heterocycles. The molecule has 1 aromatic rings. The van der Waals surface area contributed by atoms with E-state index >= 15 is 0 Å². The summed E-state index contributed by atoms with van der Waals surface area (Å²) in [5, 5.41) is 3.49. The lowest BCUT2D eigenvalue weighted by Gasteiger charge is -2.08. The van der Waals surface area contributed by atoms with Crippen molar-refractivity contribution in [1.29, 1.82) is 0 Å². The van der Waals surface area contributed by atoms with Crippen LogP contribution in [0.25, 0.3) is 0 Å². The van der Waals surface area contributed by atoms with Crippen LogP contribution in [0.3, 0.4) is 0 Å². The van der Waals surface area contributed by atoms with E-state index in [-0.39, 0.29) is 17.5 Å². The SMILES string of the molecule is O=S1(=O)CCC(NCc2ccc(Cl)o2)C1. The van der Waals surface area contributed by atoms with Crippen LogP contribution in [0.4, 0.5) is 0 Å². The third-order valence-electron chi connectivity index (χ3n) is 2.43. The number of furan rings is 1. The van der Waals surface area contributed by atoms with Crippen LogP contribution < -0.4 is 5.32 Å². The van der Waals surface area contributed by atoms with Crippen LogP contribution in [0.1, 0.15) is 12.2 Å². The van der Waals surface area contributed by atoms with Crippen LogP contribution in [0.15, 0.2) is 16.5 Å². The highest BCUT2D eigenvalue weighted by atomic mass is 35.5. The lowest BCUT2D eigenvalue weighted by molar-refractivity contribution is 0.458. The molecule has 1 unspecified atom stereocenters. The highest BCUT2D eigenvalue weighted by Gasteiger charge is 2.27. The average Bonchev–Trinajstić information content (AvgIpc) is 2.69. The Morgan fingerprint density at radius 2 is 2.33 bits per heavy atom. The Morgan fingerprint density at radius 3 is 2.87 bits per heavy atom. The highest BCUT2D eigenvalue weighted by Crippen LogP contribution is 2.15. The van der Waals surface area contributed by atoms with Gasteiger partial charge in [0.25, 0.3) is 0 Å². The van der Waals surface area contributed by atoms with Gasteiger partial charge >= 0.3 is 0 Å². The van der Waals surface area contributed by atoms with Crippen molar-refractivity contribution in [3.8, 4) is 0 Å². The minimum atomic E-state index is -2.81. The Balaban J connectivity index is 1.85. The van der Waals surface area contributed by atoms with Gasteiger partial charge < -0.3 is 9.73 Å². The van der Waals surface area contributed by atoms with Gasteiger partial charge in [0.1, 0.15) is 5.76 Å². The first-order valence-corrected chi connectivity index (χ1v) is 6.93. The van der Waals surface area contributed by atoms with Crippen LogP contribution >= 0.6 is 11.6 Å². The normalized spacial score (nSPS) is 24.5. The molecule has 4 nitrogen and oxygen atoms in total. The highest BCUT2D eigenvalue weighted by molar-refractivity contribution is 7.91. The molecule has 0 radical (unpaired) electrons. The second kappa shape index (κ2) is 4.15. The molecule has 0 aromatic carbocycles. The second-order valence-corrected chi connectivity index (χ2v) is 6.29. The van der Waals surface area contributed by atoms with Gasteiger partial charge in [0, 0.05) is 6.04 Å². The molecule has 15 heavy (non-hydrogen) atoms. The molecule has 0 saturated carbocycles. The summed E-state index contributed by atoms with van der Waals surface area (Å²) in [5.74, 6) is 1.23. The molecule has 2 heterocycles. The summed E-state index contributed by atoms with van der Waals surface area (Å²) in [5.41, 5.74) is 0. The molecule has 1 atom stereocenters. The van der Waals surface area contributed by atoms with Crippen molar-refractivity contribution >= 4 is 21.4 Å². The second-order valence-electron chi connectivity index (χ2n) is 3.69. The zero-order valence-corrected chi connectivity index (χ0v) is 9.64. The van der Waals surface area contributed by atoms with E-state index in [1.54, 1.807) is 12.1 Å². The molecule has 0 amide bonds. The van der Waals surface area contributed by atoms with E-state index in [1.807, 2.05) is 0 Å². The maximum Gasteiger partial charge on any atom is 0.193 e. The number of nitrogens with one attached hydrogen (secondary N) is 1. The Kier molecular flexibility index (Phi) is 3.04. The molecule has 84 valence electrons. The number of hydrogen-bond acceptors (Lipinski definition) is 4. The topological polar surface area (TPSA) is 59.3 Å². The minimum absolute atomic E-state index is 0.0406. The van der Waals surface area contributed by atoms with Crippen LogP contribution in [-0.2, 0) is 16.4 Å². The molecular formula is C9H12ClNO3S. The van der Waals surface area contributed by atoms with E-state index in [0.29, 0.717) is 18.2 Å². The van der Waals surface area contributed by atoms with Crippen molar-refractivity contribution in [2.45, 2.75) is 19.0 Å². The smallest absolute Gasteiger partial charge is 0.193 e. The lowest BCUT2D eigenvalue weighted by atomic mass is 10.2. The van der Waals surface area contributed by atoms with Crippen LogP contribution in [0.5, 0.6) is 0 Å². The Labute approximate surface area is 93.5 Å². The maximum absolute atomic E-state index is 11.2. The Morgan fingerprint density at radius 1 is 1.53 bits per heavy atom. The van der Waals surface area contributed by atoms with Gasteiger partial charge in [-0.25, -0.2) is 8.42 Å². The zero-order chi connectivity index (χ0) is 10.9. The first kappa shape index (κ1) is 11.0. The van der Waals surface area contributed by atoms with Crippen molar-refractivity contribution in [2.75, 3.05) is 11.5 Å². The van der Waals surface area contributed by atoms with Crippen LogP contribution in [-0.4, -0.2) is 26.0 Å². The Bertz CT molecular complexity index is 440. The third kappa shape index (κ3) is 2.96. The number of sulfone groups is 1. The minimum Gasteiger partial charge on any atom is -0.448 e. The molecule has 0 aliphatic carbocycles. The summed E-state index contributed by atoms with van der Waals surface area (Å²) >= 11 is 5.61. The lowest BCUT2D eigenvalue weighted by Crippen LogP contribution is -2.29. The molecule has 1 aromatic heterocycles. The molecule has 6 heteroatoms. The van der Waals surface area contributed by atoms with Gasteiger partial charge in [-0.2, -0.15) is 0 Å². The van der Waals surface area contributed by atoms with Gasteiger partial charge in [0.05, 0.1) is 18.1 Å². The predicted octanol–water partition coefficient (Wildman–Crippen LogP) is 1.21. The first-order chi connectivity index (χ1) is 7.05. The summed E-state index contributed by atoms with van der Waals surface area (Å²) in [6, 6.07) is 3.49. The van der Waals surface area contributed by atoms with Gasteiger partial charge in [0.2, 0.25) is 0 Å². The molecule has 0 spiro atoms. The summed E-state index contributed by atoms with van der Waals surface area (Å²) in [6.07, 6.45) is 0.677. The first-order valence-electron chi connectivity index (χ1n) is 4.73. The molecule has 1 saturated heterocycles. The van der Waals surface area contributed by atoms with Crippen LogP contribution in [0, 0.1) is 0 Å². The average molecular weight is 250 g/mol. The van der Waals surface area contributed by atoms with E-state index < -0.39 is 9.84 Å². The predicted molar refractivity (Wildman–Crippen MR) is 57.6 cm³/mol. The fourth-order valence-electron chi connectivity index (χ4n) is 1.65. The standard InChI is InChI=1S/C9H12ClNO3S/c10-9-2-1-8(14-9)5-11-7-3-4-15(12,13)6-7/h1-2,7,11H,3-6H2. The summed E-state index contributed by atoms with van der Waals surface area (Å²) in [4.78, 5) is 0. The van der Waals surface area contributed by atoms with E-state index in [2.05, 4.69) is 5.32 Å². The van der Waals surface area contributed by atoms with Gasteiger partial charge in [0.15, 0.2) is 15.1 Å². The van der Waals surface area contributed by atoms with Gasteiger partial charge in [-0.3, -0.25) is 0 Å². The number of halogens is 1. The molecular weight excluding hydrogens is 238 g/mol. The van der Waals surface area contributed by atoms with Gasteiger partial charge in [-0.05, 0) is 30.2 Å². The van der Waals surface area contributed by atoms with Gasteiger partial charge in [-0.1, -0.05) is 0 Å². The fraction of sp³-hybridized carbons (Fsp3) is 0.556. The number of rotatable bonds is 3. The molecule has 1 N–H and O–H groups in total. The van der Waals surface area contributed by atoms with Crippen molar-refractivity contribution in [3.05, 3.63) is 23.1 Å². The van der Waals surface area contributed by atoms with E-state index in [4.69, 9.17) is 16.0 Å². The van der Waals surface area contributed by atoms with Gasteiger partial charge in [-0.15, -0.1) is 0 Å². The van der Waals surface area contributed by atoms with Crippen molar-refractivity contribution in [3.63, 3.8) is 0 Å². The van der Waals surface area contributed by atoms with Crippen molar-refractivity contribution in [2.24, 2.45) is 0 Å².